The zero-order chi connectivity index (χ0) is 13.4. The zero-order valence-electron chi connectivity index (χ0n) is 11.2. The van der Waals surface area contributed by atoms with Crippen LogP contribution in [0.5, 0.6) is 0 Å². The van der Waals surface area contributed by atoms with E-state index in [4.69, 9.17) is 0 Å². The molecule has 1 aliphatic rings. The van der Waals surface area contributed by atoms with Crippen LogP contribution in [0.4, 0.5) is 0 Å². The Labute approximate surface area is 127 Å². The summed E-state index contributed by atoms with van der Waals surface area (Å²) in [7, 11) is 0. The topological polar surface area (TPSA) is 12.0 Å². The molecule has 1 aliphatic carbocycles. The molecule has 1 N–H and O–H groups in total. The van der Waals surface area contributed by atoms with Crippen molar-refractivity contribution in [1.29, 1.82) is 0 Å². The van der Waals surface area contributed by atoms with Gasteiger partial charge in [-0.15, -0.1) is 11.3 Å². The second-order valence-corrected chi connectivity index (χ2v) is 7.51. The van der Waals surface area contributed by atoms with Gasteiger partial charge in [-0.2, -0.15) is 0 Å². The van der Waals surface area contributed by atoms with E-state index < -0.39 is 0 Å². The number of hydrogen-bond acceptors (Lipinski definition) is 2. The van der Waals surface area contributed by atoms with Crippen LogP contribution in [0.3, 0.4) is 0 Å². The highest BCUT2D eigenvalue weighted by Gasteiger charge is 2.24. The average Bonchev–Trinajstić information content (AvgIpc) is 2.96. The predicted octanol–water partition coefficient (Wildman–Crippen LogP) is 5.16. The quantitative estimate of drug-likeness (QED) is 0.817. The number of nitrogens with one attached hydrogen (secondary N) is 1. The van der Waals surface area contributed by atoms with Gasteiger partial charge in [0.15, 0.2) is 0 Å². The summed E-state index contributed by atoms with van der Waals surface area (Å²) >= 11 is 5.45. The molecule has 1 aromatic carbocycles. The van der Waals surface area contributed by atoms with Crippen molar-refractivity contribution in [2.24, 2.45) is 0 Å². The number of halogens is 1. The molecule has 2 unspecified atom stereocenters. The van der Waals surface area contributed by atoms with E-state index in [-0.39, 0.29) is 0 Å². The standard InChI is InChI=1S/C16H18BrNS/c1-10-3-8-16(19-10)11(2)18-15-7-4-12-9-13(17)5-6-14(12)15/h3,5-6,8-9,11,15,18H,4,7H2,1-2H3. The van der Waals surface area contributed by atoms with Gasteiger partial charge in [-0.25, -0.2) is 0 Å². The van der Waals surface area contributed by atoms with E-state index in [2.05, 4.69) is 65.4 Å². The first-order valence-corrected chi connectivity index (χ1v) is 8.35. The van der Waals surface area contributed by atoms with Crippen molar-refractivity contribution in [3.63, 3.8) is 0 Å². The van der Waals surface area contributed by atoms with Crippen LogP contribution in [0, 0.1) is 6.92 Å². The van der Waals surface area contributed by atoms with Gasteiger partial charge in [-0.1, -0.05) is 22.0 Å². The maximum atomic E-state index is 3.78. The Bertz CT molecular complexity index is 590. The Morgan fingerprint density at radius 1 is 1.32 bits per heavy atom. The van der Waals surface area contributed by atoms with Gasteiger partial charge in [0.1, 0.15) is 0 Å². The van der Waals surface area contributed by atoms with E-state index in [1.807, 2.05) is 11.3 Å². The molecule has 100 valence electrons. The first-order valence-electron chi connectivity index (χ1n) is 6.74. The summed E-state index contributed by atoms with van der Waals surface area (Å²) in [5.41, 5.74) is 2.96. The second-order valence-electron chi connectivity index (χ2n) is 5.27. The molecular weight excluding hydrogens is 318 g/mol. The van der Waals surface area contributed by atoms with Gasteiger partial charge >= 0.3 is 0 Å². The van der Waals surface area contributed by atoms with E-state index in [1.54, 1.807) is 0 Å². The number of rotatable bonds is 3. The van der Waals surface area contributed by atoms with Crippen molar-refractivity contribution in [2.45, 2.75) is 38.8 Å². The minimum absolute atomic E-state index is 0.429. The molecule has 0 spiro atoms. The van der Waals surface area contributed by atoms with Crippen molar-refractivity contribution in [3.05, 3.63) is 55.7 Å². The molecule has 0 saturated heterocycles. The highest BCUT2D eigenvalue weighted by atomic mass is 79.9. The fourth-order valence-corrected chi connectivity index (χ4v) is 4.13. The SMILES string of the molecule is Cc1ccc(C(C)NC2CCc3cc(Br)ccc32)s1. The molecule has 0 aliphatic heterocycles. The summed E-state index contributed by atoms with van der Waals surface area (Å²) in [6.45, 7) is 4.44. The van der Waals surface area contributed by atoms with Crippen LogP contribution < -0.4 is 5.32 Å². The van der Waals surface area contributed by atoms with Gasteiger partial charge in [0.2, 0.25) is 0 Å². The van der Waals surface area contributed by atoms with Gasteiger partial charge in [0.05, 0.1) is 0 Å². The van der Waals surface area contributed by atoms with Crippen molar-refractivity contribution in [3.8, 4) is 0 Å². The minimum atomic E-state index is 0.429. The van der Waals surface area contributed by atoms with Gasteiger partial charge in [0, 0.05) is 26.3 Å². The predicted molar refractivity (Wildman–Crippen MR) is 85.8 cm³/mol. The fourth-order valence-electron chi connectivity index (χ4n) is 2.83. The van der Waals surface area contributed by atoms with Crippen molar-refractivity contribution >= 4 is 27.3 Å². The Morgan fingerprint density at radius 2 is 2.16 bits per heavy atom. The molecule has 1 nitrogen and oxygen atoms in total. The highest BCUT2D eigenvalue weighted by molar-refractivity contribution is 9.10. The van der Waals surface area contributed by atoms with E-state index in [9.17, 15) is 0 Å². The molecule has 0 fully saturated rings. The second kappa shape index (κ2) is 5.39. The third kappa shape index (κ3) is 2.78. The van der Waals surface area contributed by atoms with Crippen LogP contribution in [0.2, 0.25) is 0 Å². The normalized spacial score (nSPS) is 19.4. The fraction of sp³-hybridized carbons (Fsp3) is 0.375. The van der Waals surface area contributed by atoms with Crippen LogP contribution in [0.1, 0.15) is 46.3 Å². The van der Waals surface area contributed by atoms with Crippen LogP contribution in [-0.4, -0.2) is 0 Å². The lowest BCUT2D eigenvalue weighted by Crippen LogP contribution is -2.22. The molecule has 0 bridgehead atoms. The zero-order valence-corrected chi connectivity index (χ0v) is 13.6. The molecule has 0 saturated carbocycles. The number of benzene rings is 1. The molecule has 0 amide bonds. The van der Waals surface area contributed by atoms with E-state index in [1.165, 1.54) is 38.2 Å². The molecule has 1 heterocycles. The van der Waals surface area contributed by atoms with Gasteiger partial charge in [0.25, 0.3) is 0 Å². The third-order valence-electron chi connectivity index (χ3n) is 3.82. The Balaban J connectivity index is 1.76. The van der Waals surface area contributed by atoms with E-state index >= 15 is 0 Å². The highest BCUT2D eigenvalue weighted by Crippen LogP contribution is 2.35. The summed E-state index contributed by atoms with van der Waals surface area (Å²) in [4.78, 5) is 2.82. The number of fused-ring (bicyclic) bond motifs is 1. The summed E-state index contributed by atoms with van der Waals surface area (Å²) < 4.78 is 1.19. The lowest BCUT2D eigenvalue weighted by molar-refractivity contribution is 0.469. The molecule has 19 heavy (non-hydrogen) atoms. The van der Waals surface area contributed by atoms with Gasteiger partial charge in [-0.05, 0) is 62.1 Å². The average molecular weight is 336 g/mol. The van der Waals surface area contributed by atoms with Crippen LogP contribution >= 0.6 is 27.3 Å². The van der Waals surface area contributed by atoms with Crippen LogP contribution in [-0.2, 0) is 6.42 Å². The number of aryl methyl sites for hydroxylation is 2. The Kier molecular flexibility index (Phi) is 3.79. The molecule has 1 aromatic heterocycles. The summed E-state index contributed by atoms with van der Waals surface area (Å²) in [6, 6.07) is 12.1. The summed E-state index contributed by atoms with van der Waals surface area (Å²) in [5.74, 6) is 0. The number of thiophene rings is 1. The summed E-state index contributed by atoms with van der Waals surface area (Å²) in [6.07, 6.45) is 2.39. The number of hydrogen-bond donors (Lipinski definition) is 1. The van der Waals surface area contributed by atoms with Crippen LogP contribution in [0.15, 0.2) is 34.8 Å². The van der Waals surface area contributed by atoms with Crippen molar-refractivity contribution < 1.29 is 0 Å². The lowest BCUT2D eigenvalue weighted by atomic mass is 10.1. The van der Waals surface area contributed by atoms with Gasteiger partial charge < -0.3 is 5.32 Å². The first-order chi connectivity index (χ1) is 9.13. The minimum Gasteiger partial charge on any atom is -0.303 e. The maximum Gasteiger partial charge on any atom is 0.0391 e. The van der Waals surface area contributed by atoms with E-state index in [0.29, 0.717) is 12.1 Å². The molecule has 3 heteroatoms. The van der Waals surface area contributed by atoms with Crippen LogP contribution in [0.25, 0.3) is 0 Å². The van der Waals surface area contributed by atoms with E-state index in [0.717, 1.165) is 0 Å². The Morgan fingerprint density at radius 3 is 2.89 bits per heavy atom. The molecule has 0 radical (unpaired) electrons. The lowest BCUT2D eigenvalue weighted by Gasteiger charge is -2.19. The molecule has 2 atom stereocenters. The largest absolute Gasteiger partial charge is 0.303 e. The molecule has 3 rings (SSSR count). The summed E-state index contributed by atoms with van der Waals surface area (Å²) in [5, 5.41) is 3.78. The first kappa shape index (κ1) is 13.3. The molecular formula is C16H18BrNS. The smallest absolute Gasteiger partial charge is 0.0391 e. The molecule has 2 aromatic rings. The van der Waals surface area contributed by atoms with Crippen molar-refractivity contribution in [1.82, 2.24) is 5.32 Å². The van der Waals surface area contributed by atoms with Crippen molar-refractivity contribution in [2.75, 3.05) is 0 Å². The maximum absolute atomic E-state index is 3.78. The monoisotopic (exact) mass is 335 g/mol. The Hall–Kier alpha value is -0.640. The third-order valence-corrected chi connectivity index (χ3v) is 5.50. The van der Waals surface area contributed by atoms with Gasteiger partial charge in [-0.3, -0.25) is 0 Å².